The number of ketones is 1. The number of aryl methyl sites for hydroxylation is 2. The summed E-state index contributed by atoms with van der Waals surface area (Å²) in [6, 6.07) is 3.51. The molecule has 0 spiro atoms. The Morgan fingerprint density at radius 2 is 2.28 bits per heavy atom. The molecule has 4 rings (SSSR count). The fraction of sp³-hybridized carbons (Fsp3) is 0.400. The third-order valence-electron chi connectivity index (χ3n) is 4.89. The van der Waals surface area contributed by atoms with Crippen LogP contribution in [0.2, 0.25) is 0 Å². The predicted molar refractivity (Wildman–Crippen MR) is 107 cm³/mol. The van der Waals surface area contributed by atoms with Crippen molar-refractivity contribution in [3.05, 3.63) is 45.7 Å². The molecule has 1 atom stereocenters. The first-order chi connectivity index (χ1) is 14.0. The molecule has 8 nitrogen and oxygen atoms in total. The molecule has 0 bridgehead atoms. The minimum absolute atomic E-state index is 0.0567. The van der Waals surface area contributed by atoms with Crippen molar-refractivity contribution in [2.75, 3.05) is 18.5 Å². The largest absolute Gasteiger partial charge is 0.507 e. The molecule has 2 N–H and O–H groups in total. The fourth-order valence-electron chi connectivity index (χ4n) is 3.32. The first kappa shape index (κ1) is 19.5. The summed E-state index contributed by atoms with van der Waals surface area (Å²) in [7, 11) is 0. The van der Waals surface area contributed by atoms with Crippen molar-refractivity contribution < 1.29 is 24.2 Å². The molecule has 2 aliphatic rings. The van der Waals surface area contributed by atoms with E-state index in [0.717, 1.165) is 29.9 Å². The van der Waals surface area contributed by atoms with Crippen LogP contribution in [-0.2, 0) is 15.9 Å². The van der Waals surface area contributed by atoms with E-state index in [0.29, 0.717) is 46.3 Å². The number of carbonyl (C=O) groups excluding carboxylic acids is 2. The van der Waals surface area contributed by atoms with E-state index in [1.807, 2.05) is 6.92 Å². The maximum Gasteiger partial charge on any atom is 0.413 e. The quantitative estimate of drug-likeness (QED) is 0.579. The Kier molecular flexibility index (Phi) is 5.59. The van der Waals surface area contributed by atoms with E-state index in [-0.39, 0.29) is 24.3 Å². The van der Waals surface area contributed by atoms with Crippen LogP contribution in [-0.4, -0.2) is 46.3 Å². The molecule has 0 saturated carbocycles. The van der Waals surface area contributed by atoms with Crippen molar-refractivity contribution in [2.24, 2.45) is 0 Å². The summed E-state index contributed by atoms with van der Waals surface area (Å²) in [6.45, 7) is 2.74. The van der Waals surface area contributed by atoms with Gasteiger partial charge in [0.1, 0.15) is 17.2 Å². The molecule has 1 fully saturated rings. The van der Waals surface area contributed by atoms with E-state index >= 15 is 0 Å². The number of amides is 1. The minimum atomic E-state index is -0.622. The number of hydrogen-bond acceptors (Lipinski definition) is 8. The van der Waals surface area contributed by atoms with E-state index in [9.17, 15) is 14.7 Å². The molecule has 2 aromatic rings. The molecule has 1 aliphatic carbocycles. The summed E-state index contributed by atoms with van der Waals surface area (Å²) in [5.74, 6) is -0.338. The van der Waals surface area contributed by atoms with Crippen molar-refractivity contribution in [1.29, 1.82) is 0 Å². The lowest BCUT2D eigenvalue weighted by atomic mass is 9.93. The van der Waals surface area contributed by atoms with Gasteiger partial charge in [0.25, 0.3) is 0 Å². The zero-order chi connectivity index (χ0) is 20.4. The lowest BCUT2D eigenvalue weighted by Crippen LogP contribution is -2.21. The number of Topliss-reactive ketones (excluding diaryl/α,β-unsaturated/α-hetero) is 1. The molecular weight excluding hydrogens is 394 g/mol. The molecule has 29 heavy (non-hydrogen) atoms. The van der Waals surface area contributed by atoms with E-state index in [1.165, 1.54) is 0 Å². The summed E-state index contributed by atoms with van der Waals surface area (Å²) < 4.78 is 10.6. The van der Waals surface area contributed by atoms with Crippen molar-refractivity contribution in [3.8, 4) is 0 Å². The monoisotopic (exact) mass is 415 g/mol. The normalized spacial score (nSPS) is 20.3. The molecule has 1 unspecified atom stereocenters. The second kappa shape index (κ2) is 8.30. The average Bonchev–Trinajstić information content (AvgIpc) is 3.36. The number of ether oxygens (including phenoxy) is 2. The van der Waals surface area contributed by atoms with Gasteiger partial charge in [-0.3, -0.25) is 15.1 Å². The number of nitrogens with one attached hydrogen (secondary N) is 1. The SMILES string of the molecule is Cc1ccc(C(O)=C2CCc3nc(NC(=O)OCC4CCCO4)sc3C2=O)cn1. The molecule has 0 aromatic carbocycles. The smallest absolute Gasteiger partial charge is 0.413 e. The summed E-state index contributed by atoms with van der Waals surface area (Å²) in [5, 5.41) is 13.4. The first-order valence-corrected chi connectivity index (χ1v) is 10.3. The molecule has 152 valence electrons. The molecule has 1 aliphatic heterocycles. The highest BCUT2D eigenvalue weighted by Gasteiger charge is 2.30. The Hall–Kier alpha value is -2.78. The van der Waals surface area contributed by atoms with Crippen LogP contribution in [0.5, 0.6) is 0 Å². The Morgan fingerprint density at radius 3 is 3.00 bits per heavy atom. The van der Waals surface area contributed by atoms with Gasteiger partial charge in [-0.1, -0.05) is 11.3 Å². The Labute approximate surface area is 171 Å². The lowest BCUT2D eigenvalue weighted by Gasteiger charge is -2.14. The van der Waals surface area contributed by atoms with Gasteiger partial charge in [-0.15, -0.1) is 0 Å². The van der Waals surface area contributed by atoms with Crippen LogP contribution >= 0.6 is 11.3 Å². The Balaban J connectivity index is 1.45. The van der Waals surface area contributed by atoms with Crippen LogP contribution in [0.25, 0.3) is 5.76 Å². The number of thiazole rings is 1. The number of anilines is 1. The number of aliphatic hydroxyl groups is 1. The molecule has 1 amide bonds. The number of nitrogens with zero attached hydrogens (tertiary/aromatic N) is 2. The summed E-state index contributed by atoms with van der Waals surface area (Å²) in [5.41, 5.74) is 2.28. The standard InChI is InChI=1S/C20H21N3O5S/c1-11-4-5-12(9-21-11)16(24)14-6-7-15-18(17(14)25)29-19(22-15)23-20(26)28-10-13-3-2-8-27-13/h4-5,9,13,24H,2-3,6-8,10H2,1H3,(H,22,23,26). The summed E-state index contributed by atoms with van der Waals surface area (Å²) in [6.07, 6.45) is 3.59. The fourth-order valence-corrected chi connectivity index (χ4v) is 4.29. The number of hydrogen-bond donors (Lipinski definition) is 2. The maximum absolute atomic E-state index is 12.9. The van der Waals surface area contributed by atoms with Crippen LogP contribution < -0.4 is 5.32 Å². The van der Waals surface area contributed by atoms with E-state index in [4.69, 9.17) is 9.47 Å². The number of rotatable bonds is 4. The van der Waals surface area contributed by atoms with Crippen molar-refractivity contribution in [3.63, 3.8) is 0 Å². The van der Waals surface area contributed by atoms with Crippen LogP contribution in [0.1, 0.15) is 45.9 Å². The topological polar surface area (TPSA) is 111 Å². The number of aliphatic hydroxyl groups excluding tert-OH is 1. The van der Waals surface area contributed by atoms with Gasteiger partial charge in [0.15, 0.2) is 5.13 Å². The van der Waals surface area contributed by atoms with Gasteiger partial charge in [0, 0.05) is 29.6 Å². The van der Waals surface area contributed by atoms with Crippen LogP contribution in [0.3, 0.4) is 0 Å². The van der Waals surface area contributed by atoms with Gasteiger partial charge in [0.2, 0.25) is 5.78 Å². The molecule has 1 saturated heterocycles. The van der Waals surface area contributed by atoms with Gasteiger partial charge in [-0.25, -0.2) is 9.78 Å². The number of fused-ring (bicyclic) bond motifs is 1. The highest BCUT2D eigenvalue weighted by atomic mass is 32.1. The van der Waals surface area contributed by atoms with Crippen molar-refractivity contribution >= 4 is 34.1 Å². The minimum Gasteiger partial charge on any atom is -0.507 e. The van der Waals surface area contributed by atoms with E-state index in [2.05, 4.69) is 15.3 Å². The van der Waals surface area contributed by atoms with Gasteiger partial charge in [-0.05, 0) is 44.7 Å². The maximum atomic E-state index is 12.9. The van der Waals surface area contributed by atoms with Crippen LogP contribution in [0.15, 0.2) is 23.9 Å². The average molecular weight is 415 g/mol. The number of carbonyl (C=O) groups is 2. The van der Waals surface area contributed by atoms with Gasteiger partial charge < -0.3 is 14.6 Å². The molecular formula is C20H21N3O5S. The number of aromatic nitrogens is 2. The zero-order valence-corrected chi connectivity index (χ0v) is 16.8. The van der Waals surface area contributed by atoms with Gasteiger partial charge >= 0.3 is 6.09 Å². The van der Waals surface area contributed by atoms with Gasteiger partial charge in [0.05, 0.1) is 11.8 Å². The first-order valence-electron chi connectivity index (χ1n) is 9.46. The highest BCUT2D eigenvalue weighted by molar-refractivity contribution is 7.18. The molecule has 3 heterocycles. The van der Waals surface area contributed by atoms with Crippen molar-refractivity contribution in [1.82, 2.24) is 9.97 Å². The van der Waals surface area contributed by atoms with E-state index in [1.54, 1.807) is 18.3 Å². The van der Waals surface area contributed by atoms with Crippen LogP contribution in [0.4, 0.5) is 9.93 Å². The lowest BCUT2D eigenvalue weighted by molar-refractivity contribution is 0.0484. The molecule has 9 heteroatoms. The Bertz CT molecular complexity index is 961. The van der Waals surface area contributed by atoms with Crippen LogP contribution in [0, 0.1) is 6.92 Å². The predicted octanol–water partition coefficient (Wildman–Crippen LogP) is 3.67. The third-order valence-corrected chi connectivity index (χ3v) is 5.91. The number of pyridine rings is 1. The Morgan fingerprint density at radius 1 is 1.41 bits per heavy atom. The summed E-state index contributed by atoms with van der Waals surface area (Å²) >= 11 is 1.08. The summed E-state index contributed by atoms with van der Waals surface area (Å²) in [4.78, 5) is 33.8. The third kappa shape index (κ3) is 4.30. The zero-order valence-electron chi connectivity index (χ0n) is 15.9. The second-order valence-corrected chi connectivity index (χ2v) is 8.00. The molecule has 2 aromatic heterocycles. The molecule has 0 radical (unpaired) electrons. The highest BCUT2D eigenvalue weighted by Crippen LogP contribution is 2.34. The van der Waals surface area contributed by atoms with E-state index < -0.39 is 6.09 Å². The number of allylic oxidation sites excluding steroid dienone is 1. The van der Waals surface area contributed by atoms with Crippen molar-refractivity contribution in [2.45, 2.75) is 38.7 Å². The van der Waals surface area contributed by atoms with Gasteiger partial charge in [-0.2, -0.15) is 0 Å². The second-order valence-electron chi connectivity index (χ2n) is 7.00.